The number of aryl methyl sites for hydroxylation is 1. The van der Waals surface area contributed by atoms with Crippen LogP contribution >= 0.6 is 15.9 Å². The standard InChI is InChI=1S/C22H19BrN8O2/c1-14-18(11-25-29(14)2)20-7-8-24-21-9-19(28-31(20)21)22(32)27-16-10-26-30(12-16)13-33-17-5-3-15(23)4-6-17/h3-12H,13H2,1-2H3,(H,27,32). The number of benzene rings is 1. The van der Waals surface area contributed by atoms with E-state index in [0.29, 0.717) is 11.3 Å². The second-order valence-electron chi connectivity index (χ2n) is 7.35. The number of halogens is 1. The Labute approximate surface area is 196 Å². The molecule has 0 saturated heterocycles. The SMILES string of the molecule is Cc1c(-c2ccnc3cc(C(=O)Nc4cnn(COc5ccc(Br)cc5)c4)nn23)cnn1C. The topological polar surface area (TPSA) is 104 Å². The summed E-state index contributed by atoms with van der Waals surface area (Å²) in [6, 6.07) is 11.0. The van der Waals surface area contributed by atoms with Gasteiger partial charge in [0, 0.05) is 35.0 Å². The number of hydrogen-bond donors (Lipinski definition) is 1. The third-order valence-corrected chi connectivity index (χ3v) is 5.70. The van der Waals surface area contributed by atoms with E-state index in [4.69, 9.17) is 4.74 Å². The van der Waals surface area contributed by atoms with Crippen molar-refractivity contribution < 1.29 is 9.53 Å². The van der Waals surface area contributed by atoms with Crippen molar-refractivity contribution in [3.63, 3.8) is 0 Å². The van der Waals surface area contributed by atoms with Gasteiger partial charge in [0.25, 0.3) is 5.91 Å². The smallest absolute Gasteiger partial charge is 0.276 e. The Bertz CT molecular complexity index is 1450. The van der Waals surface area contributed by atoms with Crippen LogP contribution in [0.15, 0.2) is 65.7 Å². The maximum absolute atomic E-state index is 12.8. The lowest BCUT2D eigenvalue weighted by Gasteiger charge is -2.05. The number of anilines is 1. The van der Waals surface area contributed by atoms with E-state index < -0.39 is 0 Å². The Kier molecular flexibility index (Phi) is 5.38. The number of aromatic nitrogens is 7. The molecule has 0 atom stereocenters. The maximum atomic E-state index is 12.8. The molecule has 5 rings (SSSR count). The van der Waals surface area contributed by atoms with E-state index in [9.17, 15) is 4.79 Å². The Morgan fingerprint density at radius 2 is 1.97 bits per heavy atom. The minimum absolute atomic E-state index is 0.212. The molecule has 5 aromatic rings. The summed E-state index contributed by atoms with van der Waals surface area (Å²) in [5.74, 6) is 0.360. The number of hydrogen-bond acceptors (Lipinski definition) is 6. The molecule has 0 bridgehead atoms. The molecule has 10 nitrogen and oxygen atoms in total. The van der Waals surface area contributed by atoms with E-state index in [1.54, 1.807) is 44.7 Å². The molecule has 33 heavy (non-hydrogen) atoms. The van der Waals surface area contributed by atoms with Crippen LogP contribution < -0.4 is 10.1 Å². The number of nitrogens with zero attached hydrogens (tertiary/aromatic N) is 7. The fraction of sp³-hybridized carbons (Fsp3) is 0.136. The zero-order valence-corrected chi connectivity index (χ0v) is 19.4. The van der Waals surface area contributed by atoms with Gasteiger partial charge in [-0.25, -0.2) is 14.2 Å². The number of rotatable bonds is 6. The first-order chi connectivity index (χ1) is 16.0. The third-order valence-electron chi connectivity index (χ3n) is 5.17. The molecule has 0 saturated carbocycles. The van der Waals surface area contributed by atoms with Gasteiger partial charge in [-0.15, -0.1) is 0 Å². The Hall–Kier alpha value is -3.99. The second kappa shape index (κ2) is 8.51. The molecule has 166 valence electrons. The largest absolute Gasteiger partial charge is 0.471 e. The van der Waals surface area contributed by atoms with Crippen LogP contribution in [0.5, 0.6) is 5.75 Å². The van der Waals surface area contributed by atoms with Crippen molar-refractivity contribution in [2.24, 2.45) is 7.05 Å². The number of carbonyl (C=O) groups excluding carboxylic acids is 1. The lowest BCUT2D eigenvalue weighted by molar-refractivity contribution is 0.102. The van der Waals surface area contributed by atoms with E-state index in [-0.39, 0.29) is 18.3 Å². The molecule has 1 N–H and O–H groups in total. The molecule has 0 aliphatic carbocycles. The van der Waals surface area contributed by atoms with Crippen molar-refractivity contribution in [2.45, 2.75) is 13.7 Å². The van der Waals surface area contributed by atoms with Gasteiger partial charge in [-0.2, -0.15) is 15.3 Å². The predicted octanol–water partition coefficient (Wildman–Crippen LogP) is 3.69. The lowest BCUT2D eigenvalue weighted by atomic mass is 10.2. The normalized spacial score (nSPS) is 11.1. The van der Waals surface area contributed by atoms with Gasteiger partial charge in [0.1, 0.15) is 5.75 Å². The zero-order valence-electron chi connectivity index (χ0n) is 17.8. The molecule has 0 fully saturated rings. The highest BCUT2D eigenvalue weighted by molar-refractivity contribution is 9.10. The molecule has 4 heterocycles. The fourth-order valence-corrected chi connectivity index (χ4v) is 3.59. The summed E-state index contributed by atoms with van der Waals surface area (Å²) in [5, 5.41) is 15.8. The Morgan fingerprint density at radius 3 is 2.73 bits per heavy atom. The highest BCUT2D eigenvalue weighted by Crippen LogP contribution is 2.23. The van der Waals surface area contributed by atoms with Gasteiger partial charge in [0.05, 0.1) is 30.0 Å². The van der Waals surface area contributed by atoms with Gasteiger partial charge in [0.2, 0.25) is 0 Å². The van der Waals surface area contributed by atoms with Gasteiger partial charge >= 0.3 is 0 Å². The van der Waals surface area contributed by atoms with Crippen molar-refractivity contribution in [3.8, 4) is 17.0 Å². The van der Waals surface area contributed by atoms with E-state index in [2.05, 4.69) is 41.5 Å². The first-order valence-electron chi connectivity index (χ1n) is 10.0. The first-order valence-corrected chi connectivity index (χ1v) is 10.8. The van der Waals surface area contributed by atoms with Crippen LogP contribution in [-0.4, -0.2) is 40.1 Å². The average Bonchev–Trinajstić information content (AvgIpc) is 3.53. The van der Waals surface area contributed by atoms with Gasteiger partial charge < -0.3 is 10.1 Å². The van der Waals surface area contributed by atoms with Crippen molar-refractivity contribution in [3.05, 3.63) is 77.0 Å². The molecule has 0 radical (unpaired) electrons. The van der Waals surface area contributed by atoms with E-state index in [1.807, 2.05) is 44.3 Å². The van der Waals surface area contributed by atoms with Crippen LogP contribution in [0.1, 0.15) is 16.2 Å². The zero-order chi connectivity index (χ0) is 22.9. The molecule has 0 aliphatic heterocycles. The summed E-state index contributed by atoms with van der Waals surface area (Å²) in [6.07, 6.45) is 6.71. The number of carbonyl (C=O) groups is 1. The molecule has 0 spiro atoms. The molecular formula is C22H19BrN8O2. The van der Waals surface area contributed by atoms with Crippen molar-refractivity contribution >= 4 is 33.2 Å². The van der Waals surface area contributed by atoms with Gasteiger partial charge in [-0.05, 0) is 37.3 Å². The van der Waals surface area contributed by atoms with E-state index in [1.165, 1.54) is 0 Å². The molecular weight excluding hydrogens is 488 g/mol. The van der Waals surface area contributed by atoms with Crippen LogP contribution in [0.25, 0.3) is 16.9 Å². The highest BCUT2D eigenvalue weighted by Gasteiger charge is 2.17. The second-order valence-corrected chi connectivity index (χ2v) is 8.26. The van der Waals surface area contributed by atoms with Gasteiger partial charge in [-0.3, -0.25) is 9.48 Å². The molecule has 1 amide bonds. The summed E-state index contributed by atoms with van der Waals surface area (Å²) in [6.45, 7) is 2.19. The Morgan fingerprint density at radius 1 is 1.15 bits per heavy atom. The predicted molar refractivity (Wildman–Crippen MR) is 125 cm³/mol. The Balaban J connectivity index is 1.31. The molecule has 11 heteroatoms. The van der Waals surface area contributed by atoms with Crippen LogP contribution in [0, 0.1) is 6.92 Å². The minimum atomic E-state index is -0.359. The van der Waals surface area contributed by atoms with Gasteiger partial charge in [-0.1, -0.05) is 15.9 Å². The van der Waals surface area contributed by atoms with Crippen LogP contribution in [-0.2, 0) is 13.8 Å². The summed E-state index contributed by atoms with van der Waals surface area (Å²) >= 11 is 3.39. The molecule has 4 aromatic heterocycles. The van der Waals surface area contributed by atoms with Crippen LogP contribution in [0.2, 0.25) is 0 Å². The van der Waals surface area contributed by atoms with E-state index in [0.717, 1.165) is 27.2 Å². The summed E-state index contributed by atoms with van der Waals surface area (Å²) < 4.78 is 11.7. The number of ether oxygens (including phenoxy) is 1. The minimum Gasteiger partial charge on any atom is -0.471 e. The van der Waals surface area contributed by atoms with Crippen LogP contribution in [0.4, 0.5) is 5.69 Å². The molecule has 1 aromatic carbocycles. The monoisotopic (exact) mass is 506 g/mol. The van der Waals surface area contributed by atoms with Crippen molar-refractivity contribution in [2.75, 3.05) is 5.32 Å². The third kappa shape index (κ3) is 4.22. The quantitative estimate of drug-likeness (QED) is 0.376. The maximum Gasteiger partial charge on any atom is 0.276 e. The summed E-state index contributed by atoms with van der Waals surface area (Å²) in [7, 11) is 1.88. The van der Waals surface area contributed by atoms with Gasteiger partial charge in [0.15, 0.2) is 18.1 Å². The highest BCUT2D eigenvalue weighted by atomic mass is 79.9. The fourth-order valence-electron chi connectivity index (χ4n) is 3.33. The first kappa shape index (κ1) is 20.9. The lowest BCUT2D eigenvalue weighted by Crippen LogP contribution is -2.12. The molecule has 0 aliphatic rings. The van der Waals surface area contributed by atoms with E-state index >= 15 is 0 Å². The van der Waals surface area contributed by atoms with Crippen molar-refractivity contribution in [1.82, 2.24) is 34.2 Å². The van der Waals surface area contributed by atoms with Crippen molar-refractivity contribution in [1.29, 1.82) is 0 Å². The number of amides is 1. The average molecular weight is 507 g/mol. The van der Waals surface area contributed by atoms with Crippen LogP contribution in [0.3, 0.4) is 0 Å². The number of nitrogens with one attached hydrogen (secondary N) is 1. The summed E-state index contributed by atoms with van der Waals surface area (Å²) in [5.41, 5.74) is 4.07. The summed E-state index contributed by atoms with van der Waals surface area (Å²) in [4.78, 5) is 17.2. The number of fused-ring (bicyclic) bond motifs is 1. The molecule has 0 unspecified atom stereocenters.